The van der Waals surface area contributed by atoms with Crippen LogP contribution in [0.5, 0.6) is 0 Å². The Labute approximate surface area is 294 Å². The van der Waals surface area contributed by atoms with Gasteiger partial charge in [0, 0.05) is 0 Å². The normalized spacial score (nSPS) is 10.8. The van der Waals surface area contributed by atoms with Crippen LogP contribution in [0.1, 0.15) is 31.1 Å². The SMILES string of the molecule is O=C([O-])c1ccc(-c2ccc(-c3cc(-c4ccc(-c5ccc(C(=O)[O-])cc5)cc4)cc(-c4ccc(-c5ccc(C(=O)O)cc5)cc4)c3)cc2)cc1. The molecule has 0 radical (unpaired) electrons. The summed E-state index contributed by atoms with van der Waals surface area (Å²) >= 11 is 0. The third-order valence-corrected chi connectivity index (χ3v) is 8.96. The van der Waals surface area contributed by atoms with Crippen LogP contribution in [0.15, 0.2) is 164 Å². The summed E-state index contributed by atoms with van der Waals surface area (Å²) in [4.78, 5) is 33.7. The molecule has 0 unspecified atom stereocenters. The lowest BCUT2D eigenvalue weighted by atomic mass is 9.91. The highest BCUT2D eigenvalue weighted by atomic mass is 16.4. The molecule has 1 N–H and O–H groups in total. The van der Waals surface area contributed by atoms with Crippen LogP contribution in [0.25, 0.3) is 66.8 Å². The number of benzene rings is 7. The van der Waals surface area contributed by atoms with E-state index in [0.29, 0.717) is 0 Å². The largest absolute Gasteiger partial charge is 0.545 e. The molecule has 7 aromatic carbocycles. The number of rotatable bonds is 9. The Bertz CT molecular complexity index is 2090. The van der Waals surface area contributed by atoms with Gasteiger partial charge >= 0.3 is 5.97 Å². The van der Waals surface area contributed by atoms with Crippen molar-refractivity contribution in [2.75, 3.05) is 0 Å². The Hall–Kier alpha value is -7.05. The highest BCUT2D eigenvalue weighted by Gasteiger charge is 2.11. The van der Waals surface area contributed by atoms with Crippen LogP contribution in [0.2, 0.25) is 0 Å². The zero-order valence-electron chi connectivity index (χ0n) is 27.1. The monoisotopic (exact) mass is 664 g/mol. The van der Waals surface area contributed by atoms with E-state index >= 15 is 0 Å². The summed E-state index contributed by atoms with van der Waals surface area (Å²) in [5.41, 5.74) is 12.2. The minimum atomic E-state index is -1.21. The van der Waals surface area contributed by atoms with Crippen molar-refractivity contribution in [1.82, 2.24) is 0 Å². The number of aromatic carboxylic acids is 3. The molecule has 0 aliphatic rings. The van der Waals surface area contributed by atoms with E-state index in [0.717, 1.165) is 66.8 Å². The molecule has 6 heteroatoms. The van der Waals surface area contributed by atoms with Gasteiger partial charge in [-0.1, -0.05) is 133 Å². The Morgan fingerprint density at radius 1 is 0.294 bits per heavy atom. The molecular weight excluding hydrogens is 636 g/mol. The molecule has 0 aromatic heterocycles. The van der Waals surface area contributed by atoms with Gasteiger partial charge in [0.15, 0.2) is 0 Å². The molecule has 0 spiro atoms. The van der Waals surface area contributed by atoms with E-state index in [4.69, 9.17) is 0 Å². The number of hydrogen-bond donors (Lipinski definition) is 1. The molecule has 0 saturated carbocycles. The Morgan fingerprint density at radius 2 is 0.471 bits per heavy atom. The number of hydrogen-bond acceptors (Lipinski definition) is 5. The summed E-state index contributed by atoms with van der Waals surface area (Å²) in [7, 11) is 0. The summed E-state index contributed by atoms with van der Waals surface area (Å²) < 4.78 is 0. The maximum atomic E-state index is 11.3. The average molecular weight is 665 g/mol. The maximum absolute atomic E-state index is 11.3. The standard InChI is InChI=1S/C45H30O6/c46-43(47)37-19-13-31(14-20-37)28-1-7-34(8-2-28)40-25-41(35-9-3-29(4-10-35)32-15-21-38(22-16-32)44(48)49)27-42(26-40)36-11-5-30(6-12-36)33-17-23-39(24-18-33)45(50)51/h1-27H,(H,46,47)(H,48,49)(H,50,51)/p-2. The van der Waals surface area contributed by atoms with E-state index in [2.05, 4.69) is 30.3 Å². The molecule has 6 nitrogen and oxygen atoms in total. The van der Waals surface area contributed by atoms with Crippen molar-refractivity contribution in [3.63, 3.8) is 0 Å². The van der Waals surface area contributed by atoms with Gasteiger partial charge in [-0.3, -0.25) is 0 Å². The first-order valence-corrected chi connectivity index (χ1v) is 16.2. The lowest BCUT2D eigenvalue weighted by Crippen LogP contribution is -2.21. The van der Waals surface area contributed by atoms with Crippen molar-refractivity contribution < 1.29 is 29.7 Å². The first-order chi connectivity index (χ1) is 24.7. The van der Waals surface area contributed by atoms with Crippen molar-refractivity contribution in [2.24, 2.45) is 0 Å². The number of carbonyl (C=O) groups is 3. The van der Waals surface area contributed by atoms with Crippen LogP contribution in [-0.2, 0) is 0 Å². The van der Waals surface area contributed by atoms with Crippen molar-refractivity contribution in [3.05, 3.63) is 180 Å². The second kappa shape index (κ2) is 13.8. The molecule has 0 aliphatic heterocycles. The van der Waals surface area contributed by atoms with E-state index in [-0.39, 0.29) is 16.7 Å². The van der Waals surface area contributed by atoms with E-state index in [1.54, 1.807) is 72.8 Å². The number of carboxylic acids is 3. The molecule has 0 bridgehead atoms. The molecule has 0 aliphatic carbocycles. The van der Waals surface area contributed by atoms with Crippen LogP contribution >= 0.6 is 0 Å². The zero-order chi connectivity index (χ0) is 35.5. The third-order valence-electron chi connectivity index (χ3n) is 8.96. The van der Waals surface area contributed by atoms with Gasteiger partial charge in [0.25, 0.3) is 0 Å². The fourth-order valence-electron chi connectivity index (χ4n) is 6.10. The predicted octanol–water partition coefficient (Wildman–Crippen LogP) is 8.11. The third kappa shape index (κ3) is 7.07. The van der Waals surface area contributed by atoms with Crippen LogP contribution in [0.3, 0.4) is 0 Å². The molecule has 0 atom stereocenters. The van der Waals surface area contributed by atoms with E-state index in [9.17, 15) is 29.7 Å². The minimum absolute atomic E-state index is 0.130. The smallest absolute Gasteiger partial charge is 0.335 e. The number of carboxylic acid groups (broad SMARTS) is 3. The fourth-order valence-corrected chi connectivity index (χ4v) is 6.10. The molecule has 7 aromatic rings. The topological polar surface area (TPSA) is 118 Å². The van der Waals surface area contributed by atoms with Crippen molar-refractivity contribution in [3.8, 4) is 66.8 Å². The van der Waals surface area contributed by atoms with Gasteiger partial charge in [-0.15, -0.1) is 0 Å². The van der Waals surface area contributed by atoms with Gasteiger partial charge in [-0.05, 0) is 108 Å². The van der Waals surface area contributed by atoms with Gasteiger partial charge in [0.1, 0.15) is 0 Å². The van der Waals surface area contributed by atoms with Crippen molar-refractivity contribution in [1.29, 1.82) is 0 Å². The second-order valence-corrected chi connectivity index (χ2v) is 12.1. The minimum Gasteiger partial charge on any atom is -0.545 e. The highest BCUT2D eigenvalue weighted by Crippen LogP contribution is 2.35. The second-order valence-electron chi connectivity index (χ2n) is 12.1. The lowest BCUT2D eigenvalue weighted by molar-refractivity contribution is -0.256. The molecule has 0 saturated heterocycles. The summed E-state index contributed by atoms with van der Waals surface area (Å²) in [6.45, 7) is 0. The fraction of sp³-hybridized carbons (Fsp3) is 0. The zero-order valence-corrected chi connectivity index (χ0v) is 27.1. The molecule has 0 heterocycles. The van der Waals surface area contributed by atoms with E-state index in [1.165, 1.54) is 0 Å². The first-order valence-electron chi connectivity index (χ1n) is 16.2. The summed E-state index contributed by atoms with van der Waals surface area (Å²) in [6, 6.07) is 50.9. The average Bonchev–Trinajstić information content (AvgIpc) is 3.18. The lowest BCUT2D eigenvalue weighted by Gasteiger charge is -2.13. The van der Waals surface area contributed by atoms with Crippen molar-refractivity contribution in [2.45, 2.75) is 0 Å². The van der Waals surface area contributed by atoms with Gasteiger partial charge in [0.2, 0.25) is 0 Å². The van der Waals surface area contributed by atoms with E-state index in [1.807, 2.05) is 60.7 Å². The summed E-state index contributed by atoms with van der Waals surface area (Å²) in [6.07, 6.45) is 0. The van der Waals surface area contributed by atoms with Crippen LogP contribution in [0, 0.1) is 0 Å². The van der Waals surface area contributed by atoms with Crippen LogP contribution in [0.4, 0.5) is 0 Å². The van der Waals surface area contributed by atoms with Crippen molar-refractivity contribution >= 4 is 17.9 Å². The van der Waals surface area contributed by atoms with Gasteiger partial charge in [0.05, 0.1) is 17.5 Å². The molecular formula is C45H28O6-2. The molecule has 0 amide bonds. The summed E-state index contributed by atoms with van der Waals surface area (Å²) in [5, 5.41) is 31.6. The Kier molecular flexibility index (Phi) is 8.81. The number of carbonyl (C=O) groups excluding carboxylic acids is 2. The maximum Gasteiger partial charge on any atom is 0.335 e. The molecule has 246 valence electrons. The highest BCUT2D eigenvalue weighted by molar-refractivity contribution is 5.89. The molecule has 0 fully saturated rings. The first kappa shape index (κ1) is 32.5. The van der Waals surface area contributed by atoms with Crippen LogP contribution < -0.4 is 10.2 Å². The van der Waals surface area contributed by atoms with Crippen LogP contribution in [-0.4, -0.2) is 23.0 Å². The Balaban J connectivity index is 1.24. The van der Waals surface area contributed by atoms with Gasteiger partial charge < -0.3 is 24.9 Å². The molecule has 7 rings (SSSR count). The van der Waals surface area contributed by atoms with Gasteiger partial charge in [-0.2, -0.15) is 0 Å². The van der Waals surface area contributed by atoms with Gasteiger partial charge in [-0.25, -0.2) is 4.79 Å². The quantitative estimate of drug-likeness (QED) is 0.167. The summed E-state index contributed by atoms with van der Waals surface area (Å²) in [5.74, 6) is -3.38. The Morgan fingerprint density at radius 3 is 0.667 bits per heavy atom. The van der Waals surface area contributed by atoms with E-state index < -0.39 is 17.9 Å². The predicted molar refractivity (Wildman–Crippen MR) is 195 cm³/mol. The molecule has 51 heavy (non-hydrogen) atoms.